The lowest BCUT2D eigenvalue weighted by Crippen LogP contribution is -2.43. The van der Waals surface area contributed by atoms with E-state index in [1.54, 1.807) is 22.8 Å². The number of anilines is 2. The van der Waals surface area contributed by atoms with Crippen molar-refractivity contribution in [2.24, 2.45) is 5.92 Å². The summed E-state index contributed by atoms with van der Waals surface area (Å²) in [5.41, 5.74) is 2.96. The van der Waals surface area contributed by atoms with E-state index in [9.17, 15) is 19.2 Å². The van der Waals surface area contributed by atoms with Crippen LogP contribution in [0.5, 0.6) is 0 Å². The van der Waals surface area contributed by atoms with E-state index < -0.39 is 11.8 Å². The van der Waals surface area contributed by atoms with E-state index in [1.165, 1.54) is 11.3 Å². The fourth-order valence-electron chi connectivity index (χ4n) is 4.84. The number of rotatable bonds is 5. The average Bonchev–Trinajstić information content (AvgIpc) is 3.63. The molecule has 0 atom stereocenters. The van der Waals surface area contributed by atoms with Crippen molar-refractivity contribution in [2.45, 2.75) is 32.6 Å². The topological polar surface area (TPSA) is 125 Å². The van der Waals surface area contributed by atoms with Gasteiger partial charge >= 0.3 is 11.8 Å². The Bertz CT molecular complexity index is 1350. The molecule has 1 aromatic carbocycles. The zero-order valence-corrected chi connectivity index (χ0v) is 22.6. The largest absolute Gasteiger partial charge is 0.348 e. The minimum Gasteiger partial charge on any atom is -0.348 e. The van der Waals surface area contributed by atoms with Gasteiger partial charge in [-0.05, 0) is 85.3 Å². The molecular formula is C26H28N6O4S2. The van der Waals surface area contributed by atoms with E-state index in [0.717, 1.165) is 48.5 Å². The molecule has 2 aliphatic heterocycles. The highest BCUT2D eigenvalue weighted by Crippen LogP contribution is 2.31. The van der Waals surface area contributed by atoms with Crippen LogP contribution < -0.4 is 15.5 Å². The van der Waals surface area contributed by atoms with Gasteiger partial charge in [-0.3, -0.25) is 19.2 Å². The van der Waals surface area contributed by atoms with Crippen molar-refractivity contribution in [1.82, 2.24) is 19.8 Å². The van der Waals surface area contributed by atoms with Gasteiger partial charge in [0.15, 0.2) is 0 Å². The van der Waals surface area contributed by atoms with Crippen LogP contribution in [-0.2, 0) is 16.0 Å². The summed E-state index contributed by atoms with van der Waals surface area (Å²) in [7, 11) is 0. The predicted octanol–water partition coefficient (Wildman–Crippen LogP) is 3.11. The zero-order chi connectivity index (χ0) is 26.6. The van der Waals surface area contributed by atoms with Crippen molar-refractivity contribution >= 4 is 57.9 Å². The molecule has 0 aliphatic carbocycles. The van der Waals surface area contributed by atoms with Crippen LogP contribution >= 0.6 is 22.9 Å². The maximum Gasteiger partial charge on any atom is 0.313 e. The first-order valence-corrected chi connectivity index (χ1v) is 14.2. The van der Waals surface area contributed by atoms with Crippen LogP contribution in [0.1, 0.15) is 49.9 Å². The Labute approximate surface area is 228 Å². The number of nitrogens with one attached hydrogen (secondary N) is 2. The number of benzene rings is 1. The molecule has 0 unspecified atom stereocenters. The van der Waals surface area contributed by atoms with E-state index in [2.05, 4.69) is 20.2 Å². The Kier molecular flexibility index (Phi) is 7.79. The molecule has 0 saturated carbocycles. The fourth-order valence-corrected chi connectivity index (χ4v) is 6.13. The number of carbonyl (C=O) groups excluding carboxylic acids is 4. The Morgan fingerprint density at radius 1 is 1.05 bits per heavy atom. The summed E-state index contributed by atoms with van der Waals surface area (Å²) in [5, 5.41) is 11.2. The average molecular weight is 553 g/mol. The molecule has 1 fully saturated rings. The number of piperidine rings is 1. The van der Waals surface area contributed by atoms with E-state index in [-0.39, 0.29) is 17.7 Å². The summed E-state index contributed by atoms with van der Waals surface area (Å²) in [6.07, 6.45) is 3.10. The molecule has 0 spiro atoms. The van der Waals surface area contributed by atoms with Crippen molar-refractivity contribution in [2.75, 3.05) is 36.4 Å². The summed E-state index contributed by atoms with van der Waals surface area (Å²) in [6, 6.07) is 9.06. The second kappa shape index (κ2) is 11.4. The van der Waals surface area contributed by atoms with E-state index >= 15 is 0 Å². The number of hydrogen-bond donors (Lipinski definition) is 2. The molecule has 1 saturated heterocycles. The number of hydrogen-bond acceptors (Lipinski definition) is 8. The van der Waals surface area contributed by atoms with Gasteiger partial charge in [-0.2, -0.15) is 0 Å². The molecule has 12 heteroatoms. The smallest absolute Gasteiger partial charge is 0.313 e. The first kappa shape index (κ1) is 26.0. The second-order valence-electron chi connectivity index (χ2n) is 9.47. The number of aryl methyl sites for hydroxylation is 2. The first-order chi connectivity index (χ1) is 18.4. The van der Waals surface area contributed by atoms with Crippen LogP contribution in [-0.4, -0.2) is 64.3 Å². The third-order valence-electron chi connectivity index (χ3n) is 6.94. The van der Waals surface area contributed by atoms with Crippen molar-refractivity contribution in [3.63, 3.8) is 0 Å². The zero-order valence-electron chi connectivity index (χ0n) is 20.9. The molecule has 2 aliphatic rings. The van der Waals surface area contributed by atoms with Crippen molar-refractivity contribution in [3.8, 4) is 0 Å². The van der Waals surface area contributed by atoms with Crippen molar-refractivity contribution in [1.29, 1.82) is 0 Å². The van der Waals surface area contributed by atoms with E-state index in [1.807, 2.05) is 29.6 Å². The summed E-state index contributed by atoms with van der Waals surface area (Å²) < 4.78 is 3.83. The lowest BCUT2D eigenvalue weighted by Gasteiger charge is -2.31. The number of likely N-dealkylation sites (tertiary alicyclic amines) is 1. The number of fused-ring (bicyclic) bond motifs is 1. The van der Waals surface area contributed by atoms with E-state index in [4.69, 9.17) is 0 Å². The molecule has 0 radical (unpaired) electrons. The van der Waals surface area contributed by atoms with Gasteiger partial charge in [-0.15, -0.1) is 16.4 Å². The lowest BCUT2D eigenvalue weighted by atomic mass is 9.96. The molecular weight excluding hydrogens is 524 g/mol. The molecule has 4 amide bonds. The third kappa shape index (κ3) is 5.60. The van der Waals surface area contributed by atoms with Gasteiger partial charge in [0, 0.05) is 37.6 Å². The van der Waals surface area contributed by atoms with Crippen LogP contribution in [0.3, 0.4) is 0 Å². The number of carbonyl (C=O) groups is 4. The highest BCUT2D eigenvalue weighted by atomic mass is 32.1. The minimum atomic E-state index is -0.729. The van der Waals surface area contributed by atoms with Gasteiger partial charge in [0.1, 0.15) is 4.88 Å². The predicted molar refractivity (Wildman–Crippen MR) is 146 cm³/mol. The molecule has 3 aromatic rings. The Hall–Kier alpha value is -3.64. The molecule has 10 nitrogen and oxygen atoms in total. The molecule has 2 N–H and O–H groups in total. The molecule has 198 valence electrons. The Balaban J connectivity index is 1.11. The van der Waals surface area contributed by atoms with Crippen molar-refractivity contribution < 1.29 is 19.2 Å². The van der Waals surface area contributed by atoms with Crippen LogP contribution in [0.4, 0.5) is 11.4 Å². The van der Waals surface area contributed by atoms with Crippen LogP contribution in [0.15, 0.2) is 35.7 Å². The Morgan fingerprint density at radius 3 is 2.58 bits per heavy atom. The van der Waals surface area contributed by atoms with Crippen LogP contribution in [0.2, 0.25) is 0 Å². The quantitative estimate of drug-likeness (QED) is 0.469. The SMILES string of the molecule is Cc1nnsc1C(=O)N1CCC(CNC(=O)C(=O)Nc2ccc3c(c2)CCCN3C(=O)c2cccs2)CC1. The normalized spacial score (nSPS) is 15.6. The number of aromatic nitrogens is 2. The summed E-state index contributed by atoms with van der Waals surface area (Å²) >= 11 is 2.52. The number of nitrogens with zero attached hydrogens (tertiary/aromatic N) is 4. The standard InChI is InChI=1S/C26H28N6O4S2/c1-16-22(38-30-29-16)26(36)31-11-8-17(9-12-31)15-27-23(33)24(34)28-19-6-7-20-18(14-19)4-2-10-32(20)25(35)21-5-3-13-37-21/h3,5-7,13-14,17H,2,4,8-12,15H2,1H3,(H,27,33)(H,28,34). The van der Waals surface area contributed by atoms with Gasteiger partial charge in [0.05, 0.1) is 10.6 Å². The van der Waals surface area contributed by atoms with Gasteiger partial charge in [0.25, 0.3) is 11.8 Å². The fraction of sp³-hybridized carbons (Fsp3) is 0.385. The Morgan fingerprint density at radius 2 is 1.87 bits per heavy atom. The highest BCUT2D eigenvalue weighted by Gasteiger charge is 2.28. The first-order valence-electron chi connectivity index (χ1n) is 12.6. The molecule has 2 aromatic heterocycles. The lowest BCUT2D eigenvalue weighted by molar-refractivity contribution is -0.136. The molecule has 0 bridgehead atoms. The monoisotopic (exact) mass is 552 g/mol. The van der Waals surface area contributed by atoms with Crippen LogP contribution in [0.25, 0.3) is 0 Å². The van der Waals surface area contributed by atoms with Crippen molar-refractivity contribution in [3.05, 3.63) is 56.7 Å². The molecule has 4 heterocycles. The maximum absolute atomic E-state index is 12.9. The van der Waals surface area contributed by atoms with Gasteiger partial charge in [-0.25, -0.2) is 0 Å². The number of amides is 4. The van der Waals surface area contributed by atoms with Gasteiger partial charge < -0.3 is 20.4 Å². The number of thiophene rings is 1. The third-order valence-corrected chi connectivity index (χ3v) is 8.61. The minimum absolute atomic E-state index is 0.0250. The maximum atomic E-state index is 12.9. The molecule has 38 heavy (non-hydrogen) atoms. The second-order valence-corrected chi connectivity index (χ2v) is 11.2. The van der Waals surface area contributed by atoms with Gasteiger partial charge in [0.2, 0.25) is 0 Å². The highest BCUT2D eigenvalue weighted by molar-refractivity contribution is 7.12. The van der Waals surface area contributed by atoms with Gasteiger partial charge in [-0.1, -0.05) is 10.6 Å². The van der Waals surface area contributed by atoms with Crippen LogP contribution in [0, 0.1) is 12.8 Å². The van der Waals surface area contributed by atoms with E-state index in [0.29, 0.717) is 47.3 Å². The summed E-state index contributed by atoms with van der Waals surface area (Å²) in [6.45, 7) is 3.97. The summed E-state index contributed by atoms with van der Waals surface area (Å²) in [4.78, 5) is 55.3. The summed E-state index contributed by atoms with van der Waals surface area (Å²) in [5.74, 6) is -1.31. The molecule has 5 rings (SSSR count).